The van der Waals surface area contributed by atoms with Gasteiger partial charge in [0.05, 0.1) is 30.4 Å². The van der Waals surface area contributed by atoms with E-state index in [1.807, 2.05) is 18.2 Å². The minimum atomic E-state index is -0.391. The van der Waals surface area contributed by atoms with Gasteiger partial charge in [-0.1, -0.05) is 41.1 Å². The number of rotatable bonds is 6. The molecule has 6 nitrogen and oxygen atoms in total. The second-order valence-corrected chi connectivity index (χ2v) is 7.30. The number of nitrogens with zero attached hydrogens (tertiary/aromatic N) is 2. The van der Waals surface area contributed by atoms with Crippen molar-refractivity contribution in [1.82, 2.24) is 4.57 Å². The molecule has 8 heteroatoms. The van der Waals surface area contributed by atoms with Crippen molar-refractivity contribution in [2.75, 3.05) is 13.7 Å². The number of methoxy groups -OCH3 is 1. The summed E-state index contributed by atoms with van der Waals surface area (Å²) in [6, 6.07) is 12.6. The average Bonchev–Trinajstić information content (AvgIpc) is 2.99. The van der Waals surface area contributed by atoms with Gasteiger partial charge in [0.15, 0.2) is 4.80 Å². The van der Waals surface area contributed by atoms with Crippen LogP contribution >= 0.6 is 22.9 Å². The molecule has 0 fully saturated rings. The number of fused-ring (bicyclic) bond motifs is 1. The fourth-order valence-electron chi connectivity index (χ4n) is 2.71. The molecule has 1 amide bonds. The van der Waals surface area contributed by atoms with Gasteiger partial charge >= 0.3 is 5.97 Å². The topological polar surface area (TPSA) is 69.9 Å². The molecule has 0 saturated heterocycles. The van der Waals surface area contributed by atoms with E-state index in [-0.39, 0.29) is 25.5 Å². The molecule has 0 radical (unpaired) electrons. The molecule has 1 aromatic heterocycles. The van der Waals surface area contributed by atoms with E-state index in [9.17, 15) is 9.59 Å². The van der Waals surface area contributed by atoms with Gasteiger partial charge < -0.3 is 14.0 Å². The Morgan fingerprint density at radius 3 is 2.71 bits per heavy atom. The molecule has 28 heavy (non-hydrogen) atoms. The molecule has 1 heterocycles. The largest absolute Gasteiger partial charge is 0.497 e. The Hall–Kier alpha value is -2.64. The summed E-state index contributed by atoms with van der Waals surface area (Å²) >= 11 is 7.44. The Morgan fingerprint density at radius 1 is 1.21 bits per heavy atom. The lowest BCUT2D eigenvalue weighted by Gasteiger charge is -2.06. The van der Waals surface area contributed by atoms with Crippen LogP contribution in [0.2, 0.25) is 5.02 Å². The van der Waals surface area contributed by atoms with E-state index in [0.29, 0.717) is 21.1 Å². The molecule has 0 aliphatic heterocycles. The SMILES string of the molecule is CCOC(=O)Cn1c(=NC(=O)Cc2ccccc2Cl)sc2cc(OC)ccc21. The van der Waals surface area contributed by atoms with E-state index < -0.39 is 5.97 Å². The first-order valence-corrected chi connectivity index (χ1v) is 9.85. The fraction of sp³-hybridized carbons (Fsp3) is 0.250. The van der Waals surface area contributed by atoms with Crippen LogP contribution in [-0.4, -0.2) is 30.2 Å². The second kappa shape index (κ2) is 9.03. The van der Waals surface area contributed by atoms with Crippen molar-refractivity contribution in [2.24, 2.45) is 4.99 Å². The third-order valence-corrected chi connectivity index (χ3v) is 5.41. The Bertz CT molecular complexity index is 1090. The average molecular weight is 419 g/mol. The highest BCUT2D eigenvalue weighted by Crippen LogP contribution is 2.23. The zero-order valence-electron chi connectivity index (χ0n) is 15.5. The molecule has 3 rings (SSSR count). The number of thiazole rings is 1. The highest BCUT2D eigenvalue weighted by atomic mass is 35.5. The van der Waals surface area contributed by atoms with Crippen LogP contribution < -0.4 is 9.54 Å². The summed E-state index contributed by atoms with van der Waals surface area (Å²) in [5, 5.41) is 0.520. The number of halogens is 1. The van der Waals surface area contributed by atoms with Crippen LogP contribution in [0.1, 0.15) is 12.5 Å². The number of hydrogen-bond donors (Lipinski definition) is 0. The van der Waals surface area contributed by atoms with Crippen LogP contribution in [0.4, 0.5) is 0 Å². The Balaban J connectivity index is 2.02. The maximum atomic E-state index is 12.5. The molecule has 0 spiro atoms. The van der Waals surface area contributed by atoms with Crippen LogP contribution in [0.3, 0.4) is 0 Å². The number of hydrogen-bond acceptors (Lipinski definition) is 5. The molecule has 0 N–H and O–H groups in total. The Kier molecular flexibility index (Phi) is 6.49. The van der Waals surface area contributed by atoms with Gasteiger partial charge in [0.2, 0.25) is 0 Å². The molecule has 2 aromatic carbocycles. The van der Waals surface area contributed by atoms with Gasteiger partial charge in [0.1, 0.15) is 12.3 Å². The summed E-state index contributed by atoms with van der Waals surface area (Å²) in [5.74, 6) is -0.0479. The second-order valence-electron chi connectivity index (χ2n) is 5.88. The van der Waals surface area contributed by atoms with Crippen LogP contribution in [0.25, 0.3) is 10.2 Å². The van der Waals surface area contributed by atoms with Crippen molar-refractivity contribution in [3.05, 3.63) is 57.9 Å². The van der Waals surface area contributed by atoms with Crippen LogP contribution in [0, 0.1) is 0 Å². The normalized spacial score (nSPS) is 11.6. The van der Waals surface area contributed by atoms with Crippen LogP contribution in [0.5, 0.6) is 5.75 Å². The molecule has 0 aliphatic rings. The maximum Gasteiger partial charge on any atom is 0.326 e. The first-order chi connectivity index (χ1) is 13.5. The van der Waals surface area contributed by atoms with Gasteiger partial charge in [0.25, 0.3) is 5.91 Å². The highest BCUT2D eigenvalue weighted by molar-refractivity contribution is 7.16. The molecule has 0 bridgehead atoms. The van der Waals surface area contributed by atoms with Gasteiger partial charge in [-0.2, -0.15) is 4.99 Å². The fourth-order valence-corrected chi connectivity index (χ4v) is 3.98. The van der Waals surface area contributed by atoms with Gasteiger partial charge in [-0.15, -0.1) is 0 Å². The van der Waals surface area contributed by atoms with E-state index in [2.05, 4.69) is 4.99 Å². The van der Waals surface area contributed by atoms with Crippen molar-refractivity contribution in [1.29, 1.82) is 0 Å². The Labute approximate surface area is 171 Å². The van der Waals surface area contributed by atoms with Crippen molar-refractivity contribution in [2.45, 2.75) is 19.9 Å². The lowest BCUT2D eigenvalue weighted by Crippen LogP contribution is -2.23. The minimum absolute atomic E-state index is 0.0294. The summed E-state index contributed by atoms with van der Waals surface area (Å²) in [5.41, 5.74) is 1.49. The summed E-state index contributed by atoms with van der Waals surface area (Å²) in [6.45, 7) is 2.00. The molecule has 146 valence electrons. The minimum Gasteiger partial charge on any atom is -0.497 e. The summed E-state index contributed by atoms with van der Waals surface area (Å²) in [7, 11) is 1.58. The molecular formula is C20H19ClN2O4S. The zero-order chi connectivity index (χ0) is 20.1. The van der Waals surface area contributed by atoms with Gasteiger partial charge in [-0.3, -0.25) is 9.59 Å². The van der Waals surface area contributed by atoms with Crippen molar-refractivity contribution < 1.29 is 19.1 Å². The van der Waals surface area contributed by atoms with E-state index in [1.54, 1.807) is 42.9 Å². The number of carbonyl (C=O) groups excluding carboxylic acids is 2. The first kappa shape index (κ1) is 20.1. The number of benzene rings is 2. The van der Waals surface area contributed by atoms with Gasteiger partial charge in [-0.25, -0.2) is 0 Å². The predicted octanol–water partition coefficient (Wildman–Crippen LogP) is 3.60. The number of amides is 1. The summed E-state index contributed by atoms with van der Waals surface area (Å²) in [4.78, 5) is 29.2. The molecular weight excluding hydrogens is 400 g/mol. The molecule has 3 aromatic rings. The molecule has 0 saturated carbocycles. The monoisotopic (exact) mass is 418 g/mol. The predicted molar refractivity (Wildman–Crippen MR) is 109 cm³/mol. The van der Waals surface area contributed by atoms with E-state index in [0.717, 1.165) is 10.2 Å². The number of carbonyl (C=O) groups is 2. The highest BCUT2D eigenvalue weighted by Gasteiger charge is 2.13. The lowest BCUT2D eigenvalue weighted by atomic mass is 10.1. The van der Waals surface area contributed by atoms with Crippen molar-refractivity contribution in [3.8, 4) is 5.75 Å². The number of aromatic nitrogens is 1. The number of esters is 1. The van der Waals surface area contributed by atoms with Crippen molar-refractivity contribution >= 4 is 45.0 Å². The van der Waals surface area contributed by atoms with E-state index in [4.69, 9.17) is 21.1 Å². The van der Waals surface area contributed by atoms with Crippen molar-refractivity contribution in [3.63, 3.8) is 0 Å². The lowest BCUT2D eigenvalue weighted by molar-refractivity contribution is -0.143. The molecule has 0 aliphatic carbocycles. The molecule has 0 unspecified atom stereocenters. The zero-order valence-corrected chi connectivity index (χ0v) is 17.0. The number of ether oxygens (including phenoxy) is 2. The summed E-state index contributed by atoms with van der Waals surface area (Å²) in [6.07, 6.45) is 0.0800. The van der Waals surface area contributed by atoms with Crippen LogP contribution in [0.15, 0.2) is 47.5 Å². The standard InChI is InChI=1S/C20H19ClN2O4S/c1-3-27-19(25)12-23-16-9-8-14(26-2)11-17(16)28-20(23)22-18(24)10-13-6-4-5-7-15(13)21/h4-9,11H,3,10,12H2,1-2H3. The quantitative estimate of drug-likeness (QED) is 0.573. The van der Waals surface area contributed by atoms with Crippen LogP contribution in [-0.2, 0) is 27.3 Å². The third-order valence-electron chi connectivity index (χ3n) is 4.00. The Morgan fingerprint density at radius 2 is 2.00 bits per heavy atom. The third kappa shape index (κ3) is 4.61. The maximum absolute atomic E-state index is 12.5. The van der Waals surface area contributed by atoms with E-state index >= 15 is 0 Å². The molecule has 0 atom stereocenters. The smallest absolute Gasteiger partial charge is 0.326 e. The first-order valence-electron chi connectivity index (χ1n) is 8.65. The summed E-state index contributed by atoms with van der Waals surface area (Å²) < 4.78 is 12.9. The van der Waals surface area contributed by atoms with Gasteiger partial charge in [-0.05, 0) is 36.8 Å². The van der Waals surface area contributed by atoms with E-state index in [1.165, 1.54) is 11.3 Å². The van der Waals surface area contributed by atoms with Gasteiger partial charge in [0, 0.05) is 5.02 Å².